The molecule has 3 N–H and O–H groups in total. The second kappa shape index (κ2) is 19.1. The summed E-state index contributed by atoms with van der Waals surface area (Å²) in [6.07, 6.45) is 9.83. The number of hydrogen-bond donors (Lipinski definition) is 3. The molecule has 282 valence electrons. The molecule has 54 heavy (non-hydrogen) atoms. The van der Waals surface area contributed by atoms with Gasteiger partial charge < -0.3 is 20.5 Å². The number of aliphatic carboxylic acids is 1. The van der Waals surface area contributed by atoms with E-state index in [-0.39, 0.29) is 18.3 Å². The molecule has 5 rings (SSSR count). The molecule has 0 saturated heterocycles. The number of unbranched alkanes of at least 4 members (excludes halogenated alkanes) is 4. The Balaban J connectivity index is 1.26. The zero-order valence-corrected chi connectivity index (χ0v) is 32.3. The number of nitrogens with one attached hydrogen (secondary N) is 2. The van der Waals surface area contributed by atoms with Crippen molar-refractivity contribution < 1.29 is 24.2 Å². The van der Waals surface area contributed by atoms with Crippen molar-refractivity contribution >= 4 is 29.1 Å². The van der Waals surface area contributed by atoms with Gasteiger partial charge in [-0.1, -0.05) is 120 Å². The Morgan fingerprint density at radius 3 is 1.98 bits per heavy atom. The van der Waals surface area contributed by atoms with Crippen LogP contribution < -0.4 is 15.4 Å². The second-order valence-corrected chi connectivity index (χ2v) is 15.6. The van der Waals surface area contributed by atoms with Crippen molar-refractivity contribution in [2.45, 2.75) is 90.1 Å². The average Bonchev–Trinajstić information content (AvgIpc) is 3.69. The van der Waals surface area contributed by atoms with Gasteiger partial charge in [-0.15, -0.1) is 11.3 Å². The summed E-state index contributed by atoms with van der Waals surface area (Å²) in [5.41, 5.74) is 4.08. The lowest BCUT2D eigenvalue weighted by molar-refractivity contribution is -0.142. The highest BCUT2D eigenvalue weighted by molar-refractivity contribution is 7.14. The Kier molecular flexibility index (Phi) is 14.1. The molecule has 2 amide bonds. The Bertz CT molecular complexity index is 1950. The molecular weight excluding hydrogens is 697 g/mol. The van der Waals surface area contributed by atoms with Gasteiger partial charge in [0.05, 0.1) is 11.5 Å². The van der Waals surface area contributed by atoms with Gasteiger partial charge in [-0.25, -0.2) is 14.8 Å². The number of nitrogens with zero attached hydrogens (tertiary/aromatic N) is 2. The second-order valence-electron chi connectivity index (χ2n) is 14.5. The smallest absolute Gasteiger partial charge is 0.326 e. The minimum atomic E-state index is -1.17. The van der Waals surface area contributed by atoms with Crippen molar-refractivity contribution in [3.05, 3.63) is 124 Å². The molecule has 0 bridgehead atoms. The molecule has 9 nitrogen and oxygen atoms in total. The molecule has 3 aromatic carbocycles. The third kappa shape index (κ3) is 11.6. The predicted octanol–water partition coefficient (Wildman–Crippen LogP) is 8.67. The summed E-state index contributed by atoms with van der Waals surface area (Å²) < 4.78 is 5.90. The predicted molar refractivity (Wildman–Crippen MR) is 215 cm³/mol. The summed E-state index contributed by atoms with van der Waals surface area (Å²) in [6.45, 7) is 9.15. The lowest BCUT2D eigenvalue weighted by atomic mass is 9.95. The van der Waals surface area contributed by atoms with Crippen LogP contribution in [0.3, 0.4) is 0 Å². The van der Waals surface area contributed by atoms with E-state index < -0.39 is 29.9 Å². The fourth-order valence-corrected chi connectivity index (χ4v) is 6.88. The van der Waals surface area contributed by atoms with E-state index in [2.05, 4.69) is 48.3 Å². The van der Waals surface area contributed by atoms with E-state index in [1.807, 2.05) is 84.9 Å². The summed E-state index contributed by atoms with van der Waals surface area (Å²) in [6, 6.07) is 26.0. The Morgan fingerprint density at radius 1 is 0.722 bits per heavy atom. The molecule has 0 saturated carbocycles. The first-order valence-corrected chi connectivity index (χ1v) is 19.4. The molecule has 5 aromatic rings. The first kappa shape index (κ1) is 39.8. The SMILES string of the molecule is CCCCCCCOc1ccc(-c2cnc(-c3ccc(C[C@H](NC(=O)c4ccc(C(C)(C)C)s4)C(=O)NC(Cc4ccccc4)C(=O)O)cc3)nc2)cc1. The van der Waals surface area contributed by atoms with Crippen LogP contribution in [0.5, 0.6) is 5.75 Å². The summed E-state index contributed by atoms with van der Waals surface area (Å²) in [5, 5.41) is 15.5. The van der Waals surface area contributed by atoms with Crippen molar-refractivity contribution in [2.24, 2.45) is 0 Å². The largest absolute Gasteiger partial charge is 0.494 e. The van der Waals surface area contributed by atoms with Gasteiger partial charge in [-0.3, -0.25) is 9.59 Å². The van der Waals surface area contributed by atoms with E-state index in [4.69, 9.17) is 4.74 Å². The standard InChI is InChI=1S/C44H50N4O5S/c1-5-6-7-8-12-25-53-35-21-19-32(20-22-35)34-28-45-40(46-29-34)33-17-15-31(16-18-33)26-36(47-42(50)38-23-24-39(54-38)44(2,3)4)41(49)48-37(43(51)52)27-30-13-10-9-11-14-30/h9-11,13-24,28-29,36-37H,5-8,12,25-27H2,1-4H3,(H,47,50)(H,48,49)(H,51,52)/t36-,37?/m0/s1. The number of carbonyl (C=O) groups excluding carboxylic acids is 2. The van der Waals surface area contributed by atoms with Gasteiger partial charge in [0, 0.05) is 41.2 Å². The van der Waals surface area contributed by atoms with Crippen molar-refractivity contribution in [1.82, 2.24) is 20.6 Å². The Morgan fingerprint density at radius 2 is 1.35 bits per heavy atom. The molecule has 0 aliphatic heterocycles. The van der Waals surface area contributed by atoms with Gasteiger partial charge in [-0.05, 0) is 52.8 Å². The molecule has 10 heteroatoms. The Hall–Kier alpha value is -5.35. The third-order valence-corrected chi connectivity index (χ3v) is 10.6. The van der Waals surface area contributed by atoms with E-state index >= 15 is 0 Å². The van der Waals surface area contributed by atoms with Gasteiger partial charge >= 0.3 is 5.97 Å². The van der Waals surface area contributed by atoms with Crippen LogP contribution in [0, 0.1) is 0 Å². The maximum Gasteiger partial charge on any atom is 0.326 e. The van der Waals surface area contributed by atoms with Gasteiger partial charge in [0.1, 0.15) is 17.8 Å². The fraction of sp³-hybridized carbons (Fsp3) is 0.341. The number of carboxylic acid groups (broad SMARTS) is 1. The van der Waals surface area contributed by atoms with Gasteiger partial charge in [0.15, 0.2) is 5.82 Å². The number of ether oxygens (including phenoxy) is 1. The molecule has 2 aromatic heterocycles. The topological polar surface area (TPSA) is 131 Å². The Labute approximate surface area is 322 Å². The van der Waals surface area contributed by atoms with Gasteiger partial charge in [0.2, 0.25) is 5.91 Å². The average molecular weight is 747 g/mol. The van der Waals surface area contributed by atoms with E-state index in [1.165, 1.54) is 37.0 Å². The third-order valence-electron chi connectivity index (χ3n) is 9.10. The maximum absolute atomic E-state index is 13.7. The van der Waals surface area contributed by atoms with Crippen LogP contribution in [0.25, 0.3) is 22.5 Å². The number of carboxylic acids is 1. The molecule has 2 heterocycles. The zero-order chi connectivity index (χ0) is 38.5. The van der Waals surface area contributed by atoms with Crippen molar-refractivity contribution in [1.29, 1.82) is 0 Å². The maximum atomic E-state index is 13.7. The number of thiophene rings is 1. The van der Waals surface area contributed by atoms with E-state index in [0.29, 0.717) is 10.7 Å². The molecule has 0 fully saturated rings. The number of aromatic nitrogens is 2. The normalized spacial score (nSPS) is 12.4. The van der Waals surface area contributed by atoms with Crippen LogP contribution in [0.15, 0.2) is 103 Å². The molecule has 0 spiro atoms. The van der Waals surface area contributed by atoms with Crippen molar-refractivity contribution in [3.8, 4) is 28.3 Å². The molecule has 1 unspecified atom stereocenters. The number of amides is 2. The number of hydrogen-bond acceptors (Lipinski definition) is 7. The number of carbonyl (C=O) groups is 3. The number of rotatable bonds is 18. The van der Waals surface area contributed by atoms with Crippen molar-refractivity contribution in [2.75, 3.05) is 6.61 Å². The van der Waals surface area contributed by atoms with Crippen LogP contribution >= 0.6 is 11.3 Å². The first-order valence-electron chi connectivity index (χ1n) is 18.6. The molecule has 0 aliphatic carbocycles. The molecule has 0 radical (unpaired) electrons. The molecular formula is C44H50N4O5S. The molecule has 2 atom stereocenters. The van der Waals surface area contributed by atoms with Crippen LogP contribution in [-0.4, -0.2) is 51.5 Å². The van der Waals surface area contributed by atoms with Crippen LogP contribution in [0.4, 0.5) is 0 Å². The van der Waals surface area contributed by atoms with Crippen LogP contribution in [0.1, 0.15) is 85.5 Å². The minimum Gasteiger partial charge on any atom is -0.494 e. The lowest BCUT2D eigenvalue weighted by Gasteiger charge is -2.22. The highest BCUT2D eigenvalue weighted by atomic mass is 32.1. The summed E-state index contributed by atoms with van der Waals surface area (Å²) in [4.78, 5) is 50.1. The summed E-state index contributed by atoms with van der Waals surface area (Å²) in [7, 11) is 0. The van der Waals surface area contributed by atoms with Gasteiger partial charge in [0.25, 0.3) is 5.91 Å². The van der Waals surface area contributed by atoms with Crippen molar-refractivity contribution in [3.63, 3.8) is 0 Å². The van der Waals surface area contributed by atoms with Crippen LogP contribution in [0.2, 0.25) is 0 Å². The van der Waals surface area contributed by atoms with Crippen LogP contribution in [-0.2, 0) is 27.8 Å². The fourth-order valence-electron chi connectivity index (χ4n) is 5.91. The van der Waals surface area contributed by atoms with E-state index in [0.717, 1.165) is 51.5 Å². The first-order chi connectivity index (χ1) is 26.0. The minimum absolute atomic E-state index is 0.106. The number of benzene rings is 3. The zero-order valence-electron chi connectivity index (χ0n) is 31.5. The quantitative estimate of drug-likeness (QED) is 0.0765. The molecule has 0 aliphatic rings. The highest BCUT2D eigenvalue weighted by Crippen LogP contribution is 2.30. The highest BCUT2D eigenvalue weighted by Gasteiger charge is 2.28. The van der Waals surface area contributed by atoms with E-state index in [9.17, 15) is 19.5 Å². The monoisotopic (exact) mass is 746 g/mol. The van der Waals surface area contributed by atoms with E-state index in [1.54, 1.807) is 18.5 Å². The summed E-state index contributed by atoms with van der Waals surface area (Å²) >= 11 is 1.38. The summed E-state index contributed by atoms with van der Waals surface area (Å²) in [5.74, 6) is -0.732. The lowest BCUT2D eigenvalue weighted by Crippen LogP contribution is -2.53. The van der Waals surface area contributed by atoms with Gasteiger partial charge in [-0.2, -0.15) is 0 Å².